The zero-order valence-electron chi connectivity index (χ0n) is 13.8. The SMILES string of the molecule is C[C@@H](Sc1nc(-c2ccccc2)cn1N)C(=O)Nc1cc(Cl)ccc1Cl. The maximum Gasteiger partial charge on any atom is 0.237 e. The monoisotopic (exact) mass is 406 g/mol. The minimum atomic E-state index is -0.432. The second-order valence-electron chi connectivity index (χ2n) is 5.56. The molecule has 1 heterocycles. The quantitative estimate of drug-likeness (QED) is 0.476. The number of carbonyl (C=O) groups is 1. The molecule has 2 aromatic carbocycles. The van der Waals surface area contributed by atoms with Gasteiger partial charge in [0.05, 0.1) is 27.9 Å². The second-order valence-corrected chi connectivity index (χ2v) is 7.71. The largest absolute Gasteiger partial charge is 0.337 e. The summed E-state index contributed by atoms with van der Waals surface area (Å²) < 4.78 is 1.42. The van der Waals surface area contributed by atoms with Gasteiger partial charge in [0.15, 0.2) is 5.16 Å². The molecule has 1 aromatic heterocycles. The van der Waals surface area contributed by atoms with Crippen LogP contribution >= 0.6 is 35.0 Å². The van der Waals surface area contributed by atoms with E-state index in [1.54, 1.807) is 31.3 Å². The van der Waals surface area contributed by atoms with E-state index in [0.29, 0.717) is 20.9 Å². The van der Waals surface area contributed by atoms with Crippen molar-refractivity contribution in [1.82, 2.24) is 9.66 Å². The van der Waals surface area contributed by atoms with Crippen molar-refractivity contribution in [1.29, 1.82) is 0 Å². The van der Waals surface area contributed by atoms with Crippen molar-refractivity contribution in [2.24, 2.45) is 0 Å². The molecule has 0 unspecified atom stereocenters. The van der Waals surface area contributed by atoms with E-state index < -0.39 is 5.25 Å². The molecule has 8 heteroatoms. The maximum absolute atomic E-state index is 12.5. The number of nitrogens with one attached hydrogen (secondary N) is 1. The number of thioether (sulfide) groups is 1. The van der Waals surface area contributed by atoms with Crippen LogP contribution in [0.3, 0.4) is 0 Å². The topological polar surface area (TPSA) is 72.9 Å². The zero-order chi connectivity index (χ0) is 18.7. The number of nitrogens with two attached hydrogens (primary N) is 1. The minimum absolute atomic E-state index is 0.219. The fourth-order valence-corrected chi connectivity index (χ4v) is 3.40. The van der Waals surface area contributed by atoms with Crippen LogP contribution in [0, 0.1) is 0 Å². The van der Waals surface area contributed by atoms with E-state index in [2.05, 4.69) is 10.3 Å². The van der Waals surface area contributed by atoms with Gasteiger partial charge in [0.2, 0.25) is 5.91 Å². The van der Waals surface area contributed by atoms with Crippen molar-refractivity contribution in [3.8, 4) is 11.3 Å². The van der Waals surface area contributed by atoms with Crippen LogP contribution in [0.2, 0.25) is 10.0 Å². The zero-order valence-corrected chi connectivity index (χ0v) is 16.1. The Morgan fingerprint density at radius 1 is 1.23 bits per heavy atom. The molecule has 0 aliphatic rings. The average Bonchev–Trinajstić information content (AvgIpc) is 2.99. The summed E-state index contributed by atoms with van der Waals surface area (Å²) in [6, 6.07) is 14.6. The minimum Gasteiger partial charge on any atom is -0.337 e. The van der Waals surface area contributed by atoms with Crippen LogP contribution in [0.1, 0.15) is 6.92 Å². The predicted molar refractivity (Wildman–Crippen MR) is 108 cm³/mol. The van der Waals surface area contributed by atoms with E-state index >= 15 is 0 Å². The third-order valence-corrected chi connectivity index (χ3v) is 5.25. The van der Waals surface area contributed by atoms with Crippen molar-refractivity contribution < 1.29 is 4.79 Å². The molecule has 0 saturated carbocycles. The Kier molecular flexibility index (Phi) is 5.76. The molecule has 3 aromatic rings. The first kappa shape index (κ1) is 18.6. The molecular weight excluding hydrogens is 391 g/mol. The van der Waals surface area contributed by atoms with Gasteiger partial charge in [0.1, 0.15) is 0 Å². The van der Waals surface area contributed by atoms with Crippen LogP contribution in [0.25, 0.3) is 11.3 Å². The molecule has 0 saturated heterocycles. The highest BCUT2D eigenvalue weighted by Crippen LogP contribution is 2.29. The highest BCUT2D eigenvalue weighted by atomic mass is 35.5. The third kappa shape index (κ3) is 4.33. The highest BCUT2D eigenvalue weighted by molar-refractivity contribution is 8.00. The molecule has 26 heavy (non-hydrogen) atoms. The summed E-state index contributed by atoms with van der Waals surface area (Å²) in [5.74, 6) is 5.77. The second kappa shape index (κ2) is 8.03. The molecule has 3 N–H and O–H groups in total. The van der Waals surface area contributed by atoms with Gasteiger partial charge in [-0.3, -0.25) is 4.79 Å². The Hall–Kier alpha value is -2.15. The van der Waals surface area contributed by atoms with Gasteiger partial charge in [-0.2, -0.15) is 0 Å². The molecule has 1 atom stereocenters. The number of benzene rings is 2. The van der Waals surface area contributed by atoms with E-state index in [0.717, 1.165) is 11.3 Å². The van der Waals surface area contributed by atoms with Crippen LogP contribution in [0.5, 0.6) is 0 Å². The van der Waals surface area contributed by atoms with E-state index in [1.807, 2.05) is 30.3 Å². The third-order valence-electron chi connectivity index (χ3n) is 3.61. The summed E-state index contributed by atoms with van der Waals surface area (Å²) in [7, 11) is 0. The highest BCUT2D eigenvalue weighted by Gasteiger charge is 2.19. The molecule has 0 spiro atoms. The van der Waals surface area contributed by atoms with Crippen LogP contribution in [0.15, 0.2) is 59.9 Å². The first-order chi connectivity index (χ1) is 12.4. The van der Waals surface area contributed by atoms with E-state index in [-0.39, 0.29) is 5.91 Å². The molecule has 0 fully saturated rings. The van der Waals surface area contributed by atoms with Crippen molar-refractivity contribution in [2.75, 3.05) is 11.2 Å². The van der Waals surface area contributed by atoms with Crippen LogP contribution in [0.4, 0.5) is 5.69 Å². The van der Waals surface area contributed by atoms with Gasteiger partial charge in [-0.15, -0.1) is 0 Å². The Balaban J connectivity index is 1.71. The van der Waals surface area contributed by atoms with Gasteiger partial charge < -0.3 is 11.2 Å². The number of imidazole rings is 1. The number of amides is 1. The Bertz CT molecular complexity index is 930. The van der Waals surface area contributed by atoms with E-state index in [1.165, 1.54) is 16.4 Å². The van der Waals surface area contributed by atoms with Gasteiger partial charge in [0.25, 0.3) is 0 Å². The fourth-order valence-electron chi connectivity index (χ4n) is 2.25. The summed E-state index contributed by atoms with van der Waals surface area (Å²) in [5.41, 5.74) is 2.18. The normalized spacial score (nSPS) is 12.0. The van der Waals surface area contributed by atoms with Gasteiger partial charge >= 0.3 is 0 Å². The Morgan fingerprint density at radius 3 is 2.69 bits per heavy atom. The number of hydrogen-bond acceptors (Lipinski definition) is 4. The summed E-state index contributed by atoms with van der Waals surface area (Å²) in [6.07, 6.45) is 1.73. The molecule has 0 aliphatic heterocycles. The number of aromatic nitrogens is 2. The molecule has 1 amide bonds. The van der Waals surface area contributed by atoms with Gasteiger partial charge in [-0.25, -0.2) is 9.66 Å². The average molecular weight is 407 g/mol. The number of hydrogen-bond donors (Lipinski definition) is 2. The molecule has 0 aliphatic carbocycles. The summed E-state index contributed by atoms with van der Waals surface area (Å²) in [6.45, 7) is 1.77. The Morgan fingerprint density at radius 2 is 1.96 bits per heavy atom. The van der Waals surface area contributed by atoms with Crippen LogP contribution in [-0.4, -0.2) is 20.8 Å². The molecule has 134 valence electrons. The number of carbonyl (C=O) groups excluding carboxylic acids is 1. The lowest BCUT2D eigenvalue weighted by Gasteiger charge is -2.12. The lowest BCUT2D eigenvalue weighted by atomic mass is 10.2. The van der Waals surface area contributed by atoms with Gasteiger partial charge in [0, 0.05) is 10.6 Å². The smallest absolute Gasteiger partial charge is 0.237 e. The van der Waals surface area contributed by atoms with Crippen molar-refractivity contribution in [2.45, 2.75) is 17.3 Å². The standard InChI is InChI=1S/C18H16Cl2N4OS/c1-11(17(25)22-15-9-13(19)7-8-14(15)20)26-18-23-16(10-24(18)21)12-5-3-2-4-6-12/h2-11H,21H2,1H3,(H,22,25)/t11-/m1/s1. The molecule has 0 radical (unpaired) electrons. The summed E-state index contributed by atoms with van der Waals surface area (Å²) in [4.78, 5) is 17.0. The van der Waals surface area contributed by atoms with Crippen molar-refractivity contribution in [3.05, 3.63) is 64.8 Å². The Labute approximate surface area is 165 Å². The van der Waals surface area contributed by atoms with Gasteiger partial charge in [-0.1, -0.05) is 65.3 Å². The van der Waals surface area contributed by atoms with Crippen molar-refractivity contribution >= 4 is 46.6 Å². The number of halogens is 2. The predicted octanol–water partition coefficient (Wildman–Crippen LogP) is 4.69. The first-order valence-electron chi connectivity index (χ1n) is 7.76. The fraction of sp³-hybridized carbons (Fsp3) is 0.111. The lowest BCUT2D eigenvalue weighted by Crippen LogP contribution is -2.23. The number of nitrogen functional groups attached to an aromatic ring is 1. The number of anilines is 1. The first-order valence-corrected chi connectivity index (χ1v) is 9.40. The summed E-state index contributed by atoms with van der Waals surface area (Å²) in [5, 5.41) is 3.81. The lowest BCUT2D eigenvalue weighted by molar-refractivity contribution is -0.115. The molecule has 0 bridgehead atoms. The van der Waals surface area contributed by atoms with Crippen LogP contribution < -0.4 is 11.2 Å². The number of nitrogens with zero attached hydrogens (tertiary/aromatic N) is 2. The van der Waals surface area contributed by atoms with Crippen molar-refractivity contribution in [3.63, 3.8) is 0 Å². The molecular formula is C18H16Cl2N4OS. The van der Waals surface area contributed by atoms with Crippen LogP contribution in [-0.2, 0) is 4.79 Å². The maximum atomic E-state index is 12.5. The van der Waals surface area contributed by atoms with Gasteiger partial charge in [-0.05, 0) is 25.1 Å². The summed E-state index contributed by atoms with van der Waals surface area (Å²) >= 11 is 13.3. The number of rotatable bonds is 5. The molecule has 3 rings (SSSR count). The van der Waals surface area contributed by atoms with E-state index in [9.17, 15) is 4.79 Å². The van der Waals surface area contributed by atoms with E-state index in [4.69, 9.17) is 29.0 Å². The molecule has 5 nitrogen and oxygen atoms in total.